The molecule has 5 heteroatoms. The molecule has 11 heavy (non-hydrogen) atoms. The van der Waals surface area contributed by atoms with Crippen LogP contribution in [0.25, 0.3) is 0 Å². The van der Waals surface area contributed by atoms with Crippen molar-refractivity contribution in [3.63, 3.8) is 0 Å². The number of amides is 1. The molecule has 1 fully saturated rings. The normalized spacial score (nSPS) is 31.2. The van der Waals surface area contributed by atoms with Gasteiger partial charge in [0.15, 0.2) is 6.29 Å². The van der Waals surface area contributed by atoms with Gasteiger partial charge in [0.25, 0.3) is 0 Å². The van der Waals surface area contributed by atoms with Gasteiger partial charge in [-0.05, 0) is 0 Å². The third-order valence-corrected chi connectivity index (χ3v) is 1.88. The first kappa shape index (κ1) is 8.83. The second-order valence-electron chi connectivity index (χ2n) is 2.48. The molecule has 0 aromatic carbocycles. The largest absolute Gasteiger partial charge is 0.366 e. The number of carbonyl (C=O) groups is 1. The first-order valence-corrected chi connectivity index (χ1v) is 4.00. The fourth-order valence-electron chi connectivity index (χ4n) is 0.902. The van der Waals surface area contributed by atoms with Crippen molar-refractivity contribution in [1.82, 2.24) is 5.32 Å². The Hall–Kier alpha value is -0.260. The Morgan fingerprint density at radius 1 is 1.91 bits per heavy atom. The highest BCUT2D eigenvalue weighted by atomic mass is 32.1. The van der Waals surface area contributed by atoms with Crippen molar-refractivity contribution >= 4 is 18.5 Å². The Morgan fingerprint density at radius 2 is 2.45 bits per heavy atom. The zero-order chi connectivity index (χ0) is 8.43. The van der Waals surface area contributed by atoms with Crippen LogP contribution in [0.15, 0.2) is 0 Å². The molecule has 1 aliphatic rings. The minimum Gasteiger partial charge on any atom is -0.366 e. The van der Waals surface area contributed by atoms with Crippen LogP contribution < -0.4 is 5.32 Å². The van der Waals surface area contributed by atoms with E-state index in [9.17, 15) is 4.79 Å². The van der Waals surface area contributed by atoms with E-state index in [1.807, 2.05) is 0 Å². The lowest BCUT2D eigenvalue weighted by Gasteiger charge is -2.11. The lowest BCUT2D eigenvalue weighted by atomic mass is 10.2. The molecule has 0 radical (unpaired) electrons. The molecular weight excluding hydrogens is 166 g/mol. The number of hydrogen-bond acceptors (Lipinski definition) is 4. The molecule has 2 N–H and O–H groups in total. The topological polar surface area (TPSA) is 61.9 Å². The molecule has 1 saturated heterocycles. The van der Waals surface area contributed by atoms with Crippen LogP contribution in [-0.2, 0) is 9.53 Å². The van der Waals surface area contributed by atoms with Gasteiger partial charge in [-0.25, -0.2) is 0 Å². The van der Waals surface area contributed by atoms with Crippen LogP contribution in [0.2, 0.25) is 0 Å². The molecule has 0 bridgehead atoms. The van der Waals surface area contributed by atoms with Crippen LogP contribution in [0.4, 0.5) is 0 Å². The highest BCUT2D eigenvalue weighted by Gasteiger charge is 2.43. The maximum Gasteiger partial charge on any atom is 0.217 e. The number of ether oxygens (including phenoxy) is 1. The standard InChI is InChI=1S/C6H11NO3S/c1-3(8)7-4(2-11)5-6(9)10-5/h4-6,9,11H,2H2,1H3,(H,7,8). The summed E-state index contributed by atoms with van der Waals surface area (Å²) in [5.41, 5.74) is 0. The van der Waals surface area contributed by atoms with Gasteiger partial charge in [-0.2, -0.15) is 12.6 Å². The van der Waals surface area contributed by atoms with Gasteiger partial charge in [-0.15, -0.1) is 0 Å². The number of hydrogen-bond donors (Lipinski definition) is 3. The van der Waals surface area contributed by atoms with Crippen LogP contribution in [-0.4, -0.2) is 35.2 Å². The predicted octanol–water partition coefficient (Wildman–Crippen LogP) is -0.862. The summed E-state index contributed by atoms with van der Waals surface area (Å²) in [6.07, 6.45) is -0.990. The quantitative estimate of drug-likeness (QED) is 0.388. The Kier molecular flexibility index (Phi) is 2.75. The number of epoxide rings is 1. The highest BCUT2D eigenvalue weighted by Crippen LogP contribution is 2.22. The molecule has 1 rings (SSSR count). The summed E-state index contributed by atoms with van der Waals surface area (Å²) in [6.45, 7) is 1.42. The average molecular weight is 177 g/mol. The van der Waals surface area contributed by atoms with Crippen LogP contribution in [0.1, 0.15) is 6.92 Å². The van der Waals surface area contributed by atoms with Crippen LogP contribution in [0.3, 0.4) is 0 Å². The summed E-state index contributed by atoms with van der Waals surface area (Å²) in [6, 6.07) is -0.175. The van der Waals surface area contributed by atoms with E-state index in [-0.39, 0.29) is 18.1 Å². The molecule has 3 unspecified atom stereocenters. The molecule has 3 atom stereocenters. The maximum atomic E-state index is 10.6. The monoisotopic (exact) mass is 177 g/mol. The molecule has 0 aromatic rings. The molecule has 1 heterocycles. The molecule has 1 aliphatic heterocycles. The molecule has 0 saturated carbocycles. The minimum absolute atomic E-state index is 0.133. The van der Waals surface area contributed by atoms with E-state index in [4.69, 9.17) is 9.84 Å². The maximum absolute atomic E-state index is 10.6. The van der Waals surface area contributed by atoms with E-state index < -0.39 is 6.29 Å². The van der Waals surface area contributed by atoms with Gasteiger partial charge in [0, 0.05) is 12.7 Å². The van der Waals surface area contributed by atoms with Crippen molar-refractivity contribution in [1.29, 1.82) is 0 Å². The minimum atomic E-state index is -0.723. The molecular formula is C6H11NO3S. The third-order valence-electron chi connectivity index (χ3n) is 1.48. The Balaban J connectivity index is 2.32. The highest BCUT2D eigenvalue weighted by molar-refractivity contribution is 7.80. The second kappa shape index (κ2) is 3.42. The Labute approximate surface area is 70.3 Å². The van der Waals surface area contributed by atoms with Gasteiger partial charge in [0.2, 0.25) is 5.91 Å². The third kappa shape index (κ3) is 2.36. The van der Waals surface area contributed by atoms with Gasteiger partial charge >= 0.3 is 0 Å². The fourth-order valence-corrected chi connectivity index (χ4v) is 1.20. The number of nitrogens with one attached hydrogen (secondary N) is 1. The van der Waals surface area contributed by atoms with Crippen molar-refractivity contribution in [3.8, 4) is 0 Å². The Bertz CT molecular complexity index is 164. The Morgan fingerprint density at radius 3 is 2.73 bits per heavy atom. The predicted molar refractivity (Wildman–Crippen MR) is 42.3 cm³/mol. The van der Waals surface area contributed by atoms with Crippen molar-refractivity contribution in [2.45, 2.75) is 25.4 Å². The van der Waals surface area contributed by atoms with Gasteiger partial charge in [0.05, 0.1) is 6.04 Å². The number of aliphatic hydroxyl groups excluding tert-OH is 1. The van der Waals surface area contributed by atoms with Gasteiger partial charge in [-0.1, -0.05) is 0 Å². The molecule has 64 valence electrons. The summed E-state index contributed by atoms with van der Waals surface area (Å²) in [5, 5.41) is 11.5. The van der Waals surface area contributed by atoms with Crippen molar-refractivity contribution in [2.24, 2.45) is 0 Å². The molecule has 0 aromatic heterocycles. The molecule has 1 amide bonds. The lowest BCUT2D eigenvalue weighted by Crippen LogP contribution is -2.39. The van der Waals surface area contributed by atoms with Crippen LogP contribution in [0.5, 0.6) is 0 Å². The van der Waals surface area contributed by atoms with Gasteiger partial charge in [-0.3, -0.25) is 4.79 Å². The number of carbonyl (C=O) groups excluding carboxylic acids is 1. The van der Waals surface area contributed by atoms with Crippen molar-refractivity contribution in [2.75, 3.05) is 5.75 Å². The van der Waals surface area contributed by atoms with E-state index in [2.05, 4.69) is 17.9 Å². The molecule has 0 aliphatic carbocycles. The van der Waals surface area contributed by atoms with E-state index in [0.717, 1.165) is 0 Å². The summed E-state index contributed by atoms with van der Waals surface area (Å²) < 4.78 is 4.76. The van der Waals surface area contributed by atoms with E-state index in [1.165, 1.54) is 6.92 Å². The van der Waals surface area contributed by atoms with Gasteiger partial charge in [0.1, 0.15) is 6.10 Å². The lowest BCUT2D eigenvalue weighted by molar-refractivity contribution is -0.119. The SMILES string of the molecule is CC(=O)NC(CS)C1OC1O. The number of rotatable bonds is 3. The zero-order valence-corrected chi connectivity index (χ0v) is 7.04. The summed E-state index contributed by atoms with van der Waals surface area (Å²) in [7, 11) is 0. The van der Waals surface area contributed by atoms with E-state index in [1.54, 1.807) is 0 Å². The van der Waals surface area contributed by atoms with Crippen molar-refractivity contribution < 1.29 is 14.6 Å². The number of thiol groups is 1. The second-order valence-corrected chi connectivity index (χ2v) is 2.85. The first-order chi connectivity index (χ1) is 5.15. The average Bonchev–Trinajstić information content (AvgIpc) is 2.61. The van der Waals surface area contributed by atoms with Crippen LogP contribution >= 0.6 is 12.6 Å². The van der Waals surface area contributed by atoms with E-state index in [0.29, 0.717) is 5.75 Å². The first-order valence-electron chi connectivity index (χ1n) is 3.36. The molecule has 0 spiro atoms. The summed E-state index contributed by atoms with van der Waals surface area (Å²) in [5.74, 6) is 0.341. The van der Waals surface area contributed by atoms with Crippen LogP contribution in [0, 0.1) is 0 Å². The summed E-state index contributed by atoms with van der Waals surface area (Å²) >= 11 is 4.00. The fraction of sp³-hybridized carbons (Fsp3) is 0.833. The zero-order valence-electron chi connectivity index (χ0n) is 6.15. The van der Waals surface area contributed by atoms with Crippen molar-refractivity contribution in [3.05, 3.63) is 0 Å². The van der Waals surface area contributed by atoms with E-state index >= 15 is 0 Å². The van der Waals surface area contributed by atoms with Gasteiger partial charge < -0.3 is 15.2 Å². The smallest absolute Gasteiger partial charge is 0.217 e. The molecule has 4 nitrogen and oxygen atoms in total. The summed E-state index contributed by atoms with van der Waals surface area (Å²) in [4.78, 5) is 10.6. The number of aliphatic hydroxyl groups is 1.